The van der Waals surface area contributed by atoms with Crippen molar-refractivity contribution in [3.8, 4) is 28.0 Å². The maximum Gasteiger partial charge on any atom is 0.151 e. The molecule has 0 amide bonds. The Morgan fingerprint density at radius 3 is 2.71 bits per heavy atom. The van der Waals surface area contributed by atoms with E-state index < -0.39 is 5.60 Å². The molecule has 0 aliphatic heterocycles. The number of nitrogens with zero attached hydrogens (tertiary/aromatic N) is 6. The summed E-state index contributed by atoms with van der Waals surface area (Å²) >= 11 is 1.58. The molecular formula is C25H27N7OS. The first-order valence-corrected chi connectivity index (χ1v) is 12.3. The fourth-order valence-corrected chi connectivity index (χ4v) is 5.65. The third-order valence-electron chi connectivity index (χ3n) is 6.41. The van der Waals surface area contributed by atoms with E-state index in [1.807, 2.05) is 44.3 Å². The van der Waals surface area contributed by atoms with Gasteiger partial charge >= 0.3 is 0 Å². The molecule has 1 unspecified atom stereocenters. The summed E-state index contributed by atoms with van der Waals surface area (Å²) in [5, 5.41) is 38.3. The Morgan fingerprint density at radius 2 is 2.03 bits per heavy atom. The predicted molar refractivity (Wildman–Crippen MR) is 133 cm³/mol. The number of aliphatic hydroxyl groups is 1. The van der Waals surface area contributed by atoms with Crippen LogP contribution < -0.4 is 5.32 Å². The van der Waals surface area contributed by atoms with Crippen LogP contribution in [-0.2, 0) is 0 Å². The molecule has 5 rings (SSSR count). The summed E-state index contributed by atoms with van der Waals surface area (Å²) in [6.45, 7) is 7.94. The van der Waals surface area contributed by atoms with Crippen LogP contribution in [-0.4, -0.2) is 41.5 Å². The van der Waals surface area contributed by atoms with Gasteiger partial charge in [-0.3, -0.25) is 4.98 Å². The minimum absolute atomic E-state index is 0.207. The van der Waals surface area contributed by atoms with Crippen LogP contribution >= 0.6 is 11.3 Å². The summed E-state index contributed by atoms with van der Waals surface area (Å²) in [7, 11) is 0. The molecule has 8 nitrogen and oxygen atoms in total. The Hall–Kier alpha value is -3.35. The van der Waals surface area contributed by atoms with E-state index in [0.717, 1.165) is 51.0 Å². The zero-order valence-corrected chi connectivity index (χ0v) is 20.5. The highest BCUT2D eigenvalue weighted by molar-refractivity contribution is 7.14. The Balaban J connectivity index is 1.51. The normalized spacial score (nSPS) is 18.1. The van der Waals surface area contributed by atoms with Crippen molar-refractivity contribution < 1.29 is 5.11 Å². The second kappa shape index (κ2) is 8.46. The Kier molecular flexibility index (Phi) is 5.58. The maximum atomic E-state index is 10.5. The van der Waals surface area contributed by atoms with E-state index in [-0.39, 0.29) is 17.9 Å². The molecule has 0 spiro atoms. The lowest BCUT2D eigenvalue weighted by atomic mass is 9.66. The Morgan fingerprint density at radius 1 is 1.21 bits per heavy atom. The van der Waals surface area contributed by atoms with Gasteiger partial charge in [-0.25, -0.2) is 4.52 Å². The van der Waals surface area contributed by atoms with Gasteiger partial charge in [0.05, 0.1) is 39.8 Å². The molecule has 0 aromatic carbocycles. The fourth-order valence-electron chi connectivity index (χ4n) is 4.58. The molecule has 0 radical (unpaired) electrons. The van der Waals surface area contributed by atoms with E-state index in [1.165, 1.54) is 0 Å². The van der Waals surface area contributed by atoms with E-state index in [4.69, 9.17) is 10.2 Å². The van der Waals surface area contributed by atoms with Crippen molar-refractivity contribution >= 4 is 22.5 Å². The van der Waals surface area contributed by atoms with Gasteiger partial charge in [-0.05, 0) is 70.7 Å². The highest BCUT2D eigenvalue weighted by atomic mass is 32.1. The molecule has 4 aromatic rings. The Labute approximate surface area is 202 Å². The average Bonchev–Trinajstić information content (AvgIpc) is 3.38. The number of aromatic nitrogens is 5. The van der Waals surface area contributed by atoms with Crippen molar-refractivity contribution in [1.82, 2.24) is 24.8 Å². The monoisotopic (exact) mass is 473 g/mol. The van der Waals surface area contributed by atoms with E-state index in [1.54, 1.807) is 22.0 Å². The van der Waals surface area contributed by atoms with E-state index >= 15 is 0 Å². The summed E-state index contributed by atoms with van der Waals surface area (Å²) in [4.78, 5) is 4.73. The van der Waals surface area contributed by atoms with Gasteiger partial charge in [0.25, 0.3) is 0 Å². The molecule has 4 heterocycles. The van der Waals surface area contributed by atoms with Gasteiger partial charge in [-0.1, -0.05) is 11.3 Å². The minimum atomic E-state index is -0.718. The van der Waals surface area contributed by atoms with Crippen molar-refractivity contribution in [2.45, 2.75) is 58.1 Å². The van der Waals surface area contributed by atoms with Crippen LogP contribution in [0.25, 0.3) is 27.5 Å². The fraction of sp³-hybridized carbons (Fsp3) is 0.400. The standard InChI is InChI=1S/C25H27N7OS/c1-14(2)29-20-10-21(22-8-5-16-9-15(11-26)12-28-32(16)22)27-13-18(20)24-31-30-23(34-24)17-6-7-19(17)25(3,4)33/h5,8-10,12-14,17,19,33H,6-7H2,1-4H3,(H,27,29)/t17-,19?/m1/s1. The number of fused-ring (bicyclic) bond motifs is 1. The molecule has 174 valence electrons. The predicted octanol–water partition coefficient (Wildman–Crippen LogP) is 4.87. The number of pyridine rings is 1. The van der Waals surface area contributed by atoms with E-state index in [2.05, 4.69) is 40.5 Å². The summed E-state index contributed by atoms with van der Waals surface area (Å²) in [6.07, 6.45) is 5.43. The van der Waals surface area contributed by atoms with Gasteiger partial charge in [-0.2, -0.15) is 10.4 Å². The van der Waals surface area contributed by atoms with Crippen molar-refractivity contribution in [3.05, 3.63) is 47.2 Å². The number of nitrogens with one attached hydrogen (secondary N) is 1. The second-order valence-corrected chi connectivity index (χ2v) is 10.7. The van der Waals surface area contributed by atoms with Crippen LogP contribution in [0.3, 0.4) is 0 Å². The second-order valence-electron chi connectivity index (χ2n) is 9.71. The van der Waals surface area contributed by atoms with Crippen molar-refractivity contribution in [1.29, 1.82) is 5.26 Å². The molecule has 2 atom stereocenters. The zero-order chi connectivity index (χ0) is 24.0. The van der Waals surface area contributed by atoms with Crippen molar-refractivity contribution in [3.63, 3.8) is 0 Å². The van der Waals surface area contributed by atoms with Gasteiger partial charge in [0.1, 0.15) is 11.1 Å². The molecule has 1 fully saturated rings. The molecule has 0 saturated heterocycles. The van der Waals surface area contributed by atoms with Crippen LogP contribution in [0.1, 0.15) is 57.0 Å². The molecule has 1 saturated carbocycles. The zero-order valence-electron chi connectivity index (χ0n) is 19.6. The molecule has 1 aliphatic rings. The van der Waals surface area contributed by atoms with Crippen LogP contribution in [0.2, 0.25) is 0 Å². The van der Waals surface area contributed by atoms with E-state index in [9.17, 15) is 5.11 Å². The summed E-state index contributed by atoms with van der Waals surface area (Å²) in [5.74, 6) is 0.454. The molecule has 9 heteroatoms. The molecule has 1 aliphatic carbocycles. The van der Waals surface area contributed by atoms with Crippen molar-refractivity contribution in [2.24, 2.45) is 5.92 Å². The third kappa shape index (κ3) is 4.04. The maximum absolute atomic E-state index is 10.5. The third-order valence-corrected chi connectivity index (χ3v) is 7.50. The first-order valence-electron chi connectivity index (χ1n) is 11.5. The van der Waals surface area contributed by atoms with Gasteiger partial charge in [0, 0.05) is 23.8 Å². The van der Waals surface area contributed by atoms with E-state index in [0.29, 0.717) is 5.56 Å². The summed E-state index contributed by atoms with van der Waals surface area (Å²) in [5.41, 5.74) is 4.10. The van der Waals surface area contributed by atoms with Gasteiger partial charge in [-0.15, -0.1) is 10.2 Å². The molecule has 0 bridgehead atoms. The van der Waals surface area contributed by atoms with Gasteiger partial charge < -0.3 is 10.4 Å². The van der Waals surface area contributed by atoms with Crippen LogP contribution in [0.15, 0.2) is 36.7 Å². The largest absolute Gasteiger partial charge is 0.390 e. The number of nitriles is 1. The van der Waals surface area contributed by atoms with Gasteiger partial charge in [0.2, 0.25) is 0 Å². The minimum Gasteiger partial charge on any atom is -0.390 e. The number of anilines is 1. The highest BCUT2D eigenvalue weighted by Crippen LogP contribution is 2.49. The average molecular weight is 474 g/mol. The molecule has 34 heavy (non-hydrogen) atoms. The van der Waals surface area contributed by atoms with Crippen LogP contribution in [0, 0.1) is 17.2 Å². The first kappa shape index (κ1) is 22.4. The lowest BCUT2D eigenvalue weighted by Gasteiger charge is -2.42. The van der Waals surface area contributed by atoms with Crippen molar-refractivity contribution in [2.75, 3.05) is 5.32 Å². The molecule has 4 aromatic heterocycles. The van der Waals surface area contributed by atoms with Crippen LogP contribution in [0.5, 0.6) is 0 Å². The molecule has 2 N–H and O–H groups in total. The lowest BCUT2D eigenvalue weighted by Crippen LogP contribution is -2.41. The highest BCUT2D eigenvalue weighted by Gasteiger charge is 2.43. The lowest BCUT2D eigenvalue weighted by molar-refractivity contribution is -0.0326. The molecular weight excluding hydrogens is 446 g/mol. The topological polar surface area (TPSA) is 112 Å². The quantitative estimate of drug-likeness (QED) is 0.411. The number of hydrogen-bond acceptors (Lipinski definition) is 8. The van der Waals surface area contributed by atoms with Crippen LogP contribution in [0.4, 0.5) is 5.69 Å². The SMILES string of the molecule is CC(C)Nc1cc(-c2ccc3cc(C#N)cnn23)ncc1-c1nnc([C@@H]2CCC2C(C)(C)O)s1. The number of hydrogen-bond donors (Lipinski definition) is 2. The summed E-state index contributed by atoms with van der Waals surface area (Å²) in [6, 6.07) is 10.1. The summed E-state index contributed by atoms with van der Waals surface area (Å²) < 4.78 is 1.79. The van der Waals surface area contributed by atoms with Gasteiger partial charge in [0.15, 0.2) is 5.01 Å². The first-order chi connectivity index (χ1) is 16.2. The number of rotatable bonds is 6. The smallest absolute Gasteiger partial charge is 0.151 e. The Bertz CT molecular complexity index is 1390.